The van der Waals surface area contributed by atoms with E-state index in [1.165, 1.54) is 25.7 Å². The zero-order chi connectivity index (χ0) is 14.8. The second-order valence-corrected chi connectivity index (χ2v) is 6.79. The van der Waals surface area contributed by atoms with Crippen LogP contribution in [0, 0.1) is 11.8 Å². The van der Waals surface area contributed by atoms with E-state index in [9.17, 15) is 4.79 Å². The summed E-state index contributed by atoms with van der Waals surface area (Å²) in [5.74, 6) is 1.75. The monoisotopic (exact) mass is 311 g/mol. The third-order valence-corrected chi connectivity index (χ3v) is 5.52. The zero-order valence-electron chi connectivity index (χ0n) is 12.7. The Hall–Kier alpha value is -1.04. The van der Waals surface area contributed by atoms with E-state index < -0.39 is 0 Å². The Kier molecular flexibility index (Phi) is 4.52. The van der Waals surface area contributed by atoms with Gasteiger partial charge in [-0.1, -0.05) is 6.42 Å². The van der Waals surface area contributed by atoms with Crippen LogP contribution < -0.4 is 5.32 Å². The highest BCUT2D eigenvalue weighted by Gasteiger charge is 2.40. The summed E-state index contributed by atoms with van der Waals surface area (Å²) in [6, 6.07) is 0.583. The number of hydrogen-bond donors (Lipinski definition) is 1. The Balaban J connectivity index is 1.44. The number of thiocarbonyl (C=S) groups is 1. The Morgan fingerprint density at radius 1 is 1.19 bits per heavy atom. The molecule has 5 nitrogen and oxygen atoms in total. The van der Waals surface area contributed by atoms with E-state index in [1.54, 1.807) is 4.90 Å². The molecule has 1 amide bonds. The summed E-state index contributed by atoms with van der Waals surface area (Å²) < 4.78 is 5.04. The first-order valence-electron chi connectivity index (χ1n) is 8.14. The second-order valence-electron chi connectivity index (χ2n) is 6.40. The summed E-state index contributed by atoms with van der Waals surface area (Å²) in [5, 5.41) is 4.44. The van der Waals surface area contributed by atoms with Gasteiger partial charge in [0, 0.05) is 32.2 Å². The van der Waals surface area contributed by atoms with Crippen LogP contribution in [0.4, 0.5) is 4.79 Å². The van der Waals surface area contributed by atoms with Gasteiger partial charge in [0.1, 0.15) is 0 Å². The molecule has 2 aliphatic carbocycles. The van der Waals surface area contributed by atoms with Crippen molar-refractivity contribution < 1.29 is 9.53 Å². The molecular weight excluding hydrogens is 286 g/mol. The number of ether oxygens (including phenoxy) is 1. The number of hydrogen-bond acceptors (Lipinski definition) is 3. The standard InChI is InChI=1S/C15H25N3O2S/c1-2-20-15(19)18-7-5-17(6-8-18)14(21)16-13-10-11-3-4-12(13)9-11/h11-13H,2-10H2,1H3,(H,16,21). The first-order valence-corrected chi connectivity index (χ1v) is 8.55. The lowest BCUT2D eigenvalue weighted by atomic mass is 9.95. The van der Waals surface area contributed by atoms with Gasteiger partial charge in [-0.3, -0.25) is 0 Å². The summed E-state index contributed by atoms with van der Waals surface area (Å²) in [4.78, 5) is 15.6. The van der Waals surface area contributed by atoms with Crippen LogP contribution in [-0.4, -0.2) is 59.8 Å². The molecule has 1 N–H and O–H groups in total. The molecule has 3 rings (SSSR count). The first kappa shape index (κ1) is 14.9. The Labute approximate surface area is 132 Å². The van der Waals surface area contributed by atoms with Crippen molar-refractivity contribution in [2.45, 2.75) is 38.6 Å². The van der Waals surface area contributed by atoms with Crippen molar-refractivity contribution in [1.29, 1.82) is 0 Å². The number of piperazine rings is 1. The van der Waals surface area contributed by atoms with E-state index in [4.69, 9.17) is 17.0 Å². The average molecular weight is 311 g/mol. The SMILES string of the molecule is CCOC(=O)N1CCN(C(=S)NC2CC3CCC2C3)CC1. The van der Waals surface area contributed by atoms with Gasteiger partial charge in [-0.15, -0.1) is 0 Å². The highest BCUT2D eigenvalue weighted by atomic mass is 32.1. The van der Waals surface area contributed by atoms with E-state index in [-0.39, 0.29) is 6.09 Å². The molecule has 3 aliphatic rings. The van der Waals surface area contributed by atoms with Crippen LogP contribution in [0.1, 0.15) is 32.6 Å². The summed E-state index contributed by atoms with van der Waals surface area (Å²) >= 11 is 5.56. The van der Waals surface area contributed by atoms with Crippen molar-refractivity contribution in [3.8, 4) is 0 Å². The van der Waals surface area contributed by atoms with E-state index in [2.05, 4.69) is 10.2 Å². The number of fused-ring (bicyclic) bond motifs is 2. The summed E-state index contributed by atoms with van der Waals surface area (Å²) in [6.45, 7) is 5.25. The molecule has 3 atom stereocenters. The minimum atomic E-state index is -0.205. The highest BCUT2D eigenvalue weighted by Crippen LogP contribution is 2.44. The number of amides is 1. The van der Waals surface area contributed by atoms with Crippen LogP contribution in [0.3, 0.4) is 0 Å². The van der Waals surface area contributed by atoms with E-state index in [0.29, 0.717) is 25.7 Å². The number of carbonyl (C=O) groups excluding carboxylic acids is 1. The van der Waals surface area contributed by atoms with Gasteiger partial charge in [0.25, 0.3) is 0 Å². The largest absolute Gasteiger partial charge is 0.450 e. The Bertz CT molecular complexity index is 410. The Morgan fingerprint density at radius 3 is 2.48 bits per heavy atom. The first-order chi connectivity index (χ1) is 10.2. The van der Waals surface area contributed by atoms with Crippen molar-refractivity contribution in [3.63, 3.8) is 0 Å². The lowest BCUT2D eigenvalue weighted by molar-refractivity contribution is 0.0916. The number of rotatable bonds is 2. The van der Waals surface area contributed by atoms with Gasteiger partial charge in [-0.25, -0.2) is 4.79 Å². The molecule has 1 aliphatic heterocycles. The molecule has 0 spiro atoms. The van der Waals surface area contributed by atoms with Gasteiger partial charge in [0.2, 0.25) is 0 Å². The second kappa shape index (κ2) is 6.38. The maximum Gasteiger partial charge on any atom is 0.409 e. The lowest BCUT2D eigenvalue weighted by Crippen LogP contribution is -2.55. The fourth-order valence-electron chi connectivity index (χ4n) is 3.98. The van der Waals surface area contributed by atoms with Crippen LogP contribution in [0.5, 0.6) is 0 Å². The summed E-state index contributed by atoms with van der Waals surface area (Å²) in [5.41, 5.74) is 0. The van der Waals surface area contributed by atoms with Crippen LogP contribution >= 0.6 is 12.2 Å². The van der Waals surface area contributed by atoms with E-state index in [0.717, 1.165) is 30.0 Å². The van der Waals surface area contributed by atoms with Crippen molar-refractivity contribution >= 4 is 23.4 Å². The summed E-state index contributed by atoms with van der Waals surface area (Å²) in [7, 11) is 0. The van der Waals surface area contributed by atoms with Gasteiger partial charge in [0.05, 0.1) is 6.61 Å². The predicted octanol–water partition coefficient (Wildman–Crippen LogP) is 1.82. The molecular formula is C15H25N3O2S. The van der Waals surface area contributed by atoms with Crippen molar-refractivity contribution in [3.05, 3.63) is 0 Å². The lowest BCUT2D eigenvalue weighted by Gasteiger charge is -2.37. The topological polar surface area (TPSA) is 44.8 Å². The molecule has 0 aromatic heterocycles. The molecule has 6 heteroatoms. The minimum Gasteiger partial charge on any atom is -0.450 e. The van der Waals surface area contributed by atoms with Gasteiger partial charge in [0.15, 0.2) is 5.11 Å². The van der Waals surface area contributed by atoms with Gasteiger partial charge >= 0.3 is 6.09 Å². The third kappa shape index (κ3) is 3.25. The highest BCUT2D eigenvalue weighted by molar-refractivity contribution is 7.80. The molecule has 3 fully saturated rings. The number of nitrogens with zero attached hydrogens (tertiary/aromatic N) is 2. The molecule has 0 aromatic rings. The normalized spacial score (nSPS) is 31.4. The smallest absolute Gasteiger partial charge is 0.409 e. The quantitative estimate of drug-likeness (QED) is 0.788. The van der Waals surface area contributed by atoms with Crippen molar-refractivity contribution in [2.24, 2.45) is 11.8 Å². The third-order valence-electron chi connectivity index (χ3n) is 5.14. The zero-order valence-corrected chi connectivity index (χ0v) is 13.5. The molecule has 2 bridgehead atoms. The molecule has 1 heterocycles. The van der Waals surface area contributed by atoms with Crippen LogP contribution in [0.25, 0.3) is 0 Å². The molecule has 1 saturated heterocycles. The van der Waals surface area contributed by atoms with Crippen molar-refractivity contribution in [1.82, 2.24) is 15.1 Å². The van der Waals surface area contributed by atoms with E-state index >= 15 is 0 Å². The number of carbonyl (C=O) groups is 1. The van der Waals surface area contributed by atoms with E-state index in [1.807, 2.05) is 6.92 Å². The Morgan fingerprint density at radius 2 is 1.90 bits per heavy atom. The van der Waals surface area contributed by atoms with Gasteiger partial charge < -0.3 is 19.9 Å². The maximum absolute atomic E-state index is 11.7. The summed E-state index contributed by atoms with van der Waals surface area (Å²) in [6.07, 6.45) is 5.24. The average Bonchev–Trinajstić information content (AvgIpc) is 3.10. The van der Waals surface area contributed by atoms with Crippen LogP contribution in [-0.2, 0) is 4.74 Å². The minimum absolute atomic E-state index is 0.205. The molecule has 3 unspecified atom stereocenters. The molecule has 0 radical (unpaired) electrons. The van der Waals surface area contributed by atoms with Crippen molar-refractivity contribution in [2.75, 3.05) is 32.8 Å². The fraction of sp³-hybridized carbons (Fsp3) is 0.867. The molecule has 21 heavy (non-hydrogen) atoms. The molecule has 2 saturated carbocycles. The van der Waals surface area contributed by atoms with Crippen LogP contribution in [0.15, 0.2) is 0 Å². The molecule has 118 valence electrons. The molecule has 0 aromatic carbocycles. The van der Waals surface area contributed by atoms with Crippen LogP contribution in [0.2, 0.25) is 0 Å². The maximum atomic E-state index is 11.7. The van der Waals surface area contributed by atoms with Gasteiger partial charge in [-0.2, -0.15) is 0 Å². The van der Waals surface area contributed by atoms with Gasteiger partial charge in [-0.05, 0) is 50.2 Å². The predicted molar refractivity (Wildman–Crippen MR) is 85.1 cm³/mol. The fourth-order valence-corrected chi connectivity index (χ4v) is 4.31. The number of nitrogens with one attached hydrogen (secondary N) is 1.